The zero-order valence-corrected chi connectivity index (χ0v) is 15.8. The lowest BCUT2D eigenvalue weighted by molar-refractivity contribution is -0.732. The van der Waals surface area contributed by atoms with Crippen molar-refractivity contribution in [1.29, 1.82) is 0 Å². The molecule has 2 aliphatic heterocycles. The Kier molecular flexibility index (Phi) is 3.08. The summed E-state index contributed by atoms with van der Waals surface area (Å²) < 4.78 is 2.52. The van der Waals surface area contributed by atoms with Gasteiger partial charge in [-0.25, -0.2) is 0 Å². The molecule has 2 atom stereocenters. The van der Waals surface area contributed by atoms with Gasteiger partial charge in [-0.2, -0.15) is 27.2 Å². The van der Waals surface area contributed by atoms with E-state index in [1.165, 1.54) is 27.9 Å². The summed E-state index contributed by atoms with van der Waals surface area (Å²) >= 11 is 3.63. The molecule has 0 amide bonds. The monoisotopic (exact) mass is 372 g/mol. The Morgan fingerprint density at radius 2 is 1.50 bits per heavy atom. The van der Waals surface area contributed by atoms with Crippen molar-refractivity contribution in [3.63, 3.8) is 0 Å². The van der Waals surface area contributed by atoms with E-state index in [9.17, 15) is 0 Å². The van der Waals surface area contributed by atoms with Crippen molar-refractivity contribution in [3.05, 3.63) is 110 Å². The number of hydrogen-bond acceptors (Lipinski definition) is 2. The van der Waals surface area contributed by atoms with Crippen LogP contribution in [0, 0.1) is 0 Å². The Hall–Kier alpha value is -2.23. The van der Waals surface area contributed by atoms with Crippen molar-refractivity contribution in [3.8, 4) is 0 Å². The van der Waals surface area contributed by atoms with Crippen LogP contribution >= 0.6 is 22.7 Å². The van der Waals surface area contributed by atoms with Gasteiger partial charge in [-0.1, -0.05) is 30.3 Å². The maximum absolute atomic E-state index is 2.52. The Morgan fingerprint density at radius 1 is 0.808 bits per heavy atom. The van der Waals surface area contributed by atoms with E-state index in [1.807, 2.05) is 22.7 Å². The average molecular weight is 373 g/mol. The molecule has 0 N–H and O–H groups in total. The van der Waals surface area contributed by atoms with E-state index in [1.54, 1.807) is 0 Å². The van der Waals surface area contributed by atoms with Crippen LogP contribution < -0.4 is 4.57 Å². The topological polar surface area (TPSA) is 3.88 Å². The van der Waals surface area contributed by atoms with Gasteiger partial charge in [0.15, 0.2) is 17.9 Å². The second-order valence-electron chi connectivity index (χ2n) is 7.31. The number of pyridine rings is 1. The average Bonchev–Trinajstić information content (AvgIpc) is 3.42. The summed E-state index contributed by atoms with van der Waals surface area (Å²) in [6, 6.07) is 20.9. The highest BCUT2D eigenvalue weighted by molar-refractivity contribution is 7.08. The molecule has 0 unspecified atom stereocenters. The van der Waals surface area contributed by atoms with E-state index in [4.69, 9.17) is 0 Å². The van der Waals surface area contributed by atoms with Crippen LogP contribution in [-0.2, 0) is 5.41 Å². The van der Waals surface area contributed by atoms with E-state index in [2.05, 4.69) is 86.9 Å². The highest BCUT2D eigenvalue weighted by Gasteiger charge is 2.59. The Morgan fingerprint density at radius 3 is 2.19 bits per heavy atom. The Bertz CT molecular complexity index is 997. The third-order valence-electron chi connectivity index (χ3n) is 6.30. The lowest BCUT2D eigenvalue weighted by atomic mass is 9.54. The van der Waals surface area contributed by atoms with Gasteiger partial charge in [0.25, 0.3) is 0 Å². The molecule has 2 bridgehead atoms. The summed E-state index contributed by atoms with van der Waals surface area (Å²) in [5.41, 5.74) is 7.43. The SMILES string of the molecule is c1ccc2c(c1)[C@H]1c3cccc[n+]3[C@H]2CC1(c1ccsc1)c1ccsc1. The molecule has 0 saturated heterocycles. The van der Waals surface area contributed by atoms with Crippen LogP contribution in [-0.4, -0.2) is 0 Å². The maximum atomic E-state index is 2.52. The lowest BCUT2D eigenvalue weighted by Crippen LogP contribution is -2.59. The van der Waals surface area contributed by atoms with Crippen LogP contribution in [0.1, 0.15) is 46.3 Å². The van der Waals surface area contributed by atoms with Gasteiger partial charge in [-0.05, 0) is 50.3 Å². The van der Waals surface area contributed by atoms with Gasteiger partial charge < -0.3 is 0 Å². The standard InChI is InChI=1S/C23H18NS2/c1-2-6-19-18(5-1)21-13-23(16-8-11-25-14-16,17-9-12-26-15-17)22(19)20-7-3-4-10-24(20)21/h1-12,14-15,21-22H,13H2/q+1/t21-,22-/m0/s1. The van der Waals surface area contributed by atoms with Gasteiger partial charge >= 0.3 is 0 Å². The van der Waals surface area contributed by atoms with Crippen molar-refractivity contribution in [2.75, 3.05) is 0 Å². The molecule has 0 spiro atoms. The van der Waals surface area contributed by atoms with E-state index in [-0.39, 0.29) is 5.41 Å². The van der Waals surface area contributed by atoms with Gasteiger partial charge in [-0.3, -0.25) is 0 Å². The summed E-state index contributed by atoms with van der Waals surface area (Å²) in [4.78, 5) is 0. The zero-order chi connectivity index (χ0) is 17.1. The third-order valence-corrected chi connectivity index (χ3v) is 7.67. The molecule has 0 radical (unpaired) electrons. The molecule has 26 heavy (non-hydrogen) atoms. The van der Waals surface area contributed by atoms with Crippen molar-refractivity contribution in [2.45, 2.75) is 23.8 Å². The predicted molar refractivity (Wildman–Crippen MR) is 107 cm³/mol. The molecule has 5 heterocycles. The fourth-order valence-electron chi connectivity index (χ4n) is 5.31. The summed E-state index contributed by atoms with van der Waals surface area (Å²) in [7, 11) is 0. The molecule has 4 aromatic rings. The second-order valence-corrected chi connectivity index (χ2v) is 8.87. The molecular formula is C23H18NS2+. The number of nitrogens with zero attached hydrogens (tertiary/aromatic N) is 1. The largest absolute Gasteiger partial charge is 0.195 e. The molecule has 1 aliphatic carbocycles. The molecule has 3 aliphatic rings. The minimum atomic E-state index is 0.0281. The van der Waals surface area contributed by atoms with Gasteiger partial charge in [0, 0.05) is 29.5 Å². The molecule has 0 saturated carbocycles. The maximum Gasteiger partial charge on any atom is 0.190 e. The fraction of sp³-hybridized carbons (Fsp3) is 0.174. The summed E-state index contributed by atoms with van der Waals surface area (Å²) in [6.07, 6.45) is 3.40. The van der Waals surface area contributed by atoms with Crippen LogP contribution in [0.3, 0.4) is 0 Å². The molecular weight excluding hydrogens is 354 g/mol. The van der Waals surface area contributed by atoms with Crippen molar-refractivity contribution >= 4 is 22.7 Å². The van der Waals surface area contributed by atoms with Crippen LogP contribution in [0.2, 0.25) is 0 Å². The first kappa shape index (κ1) is 14.9. The minimum Gasteiger partial charge on any atom is -0.195 e. The van der Waals surface area contributed by atoms with Gasteiger partial charge in [0.1, 0.15) is 0 Å². The molecule has 3 aromatic heterocycles. The predicted octanol–water partition coefficient (Wildman–Crippen LogP) is 5.52. The number of hydrogen-bond donors (Lipinski definition) is 0. The first-order valence-corrected chi connectivity index (χ1v) is 10.9. The van der Waals surface area contributed by atoms with Crippen LogP contribution in [0.4, 0.5) is 0 Å². The van der Waals surface area contributed by atoms with Crippen molar-refractivity contribution < 1.29 is 4.57 Å². The fourth-order valence-corrected chi connectivity index (χ4v) is 6.78. The summed E-state index contributed by atoms with van der Waals surface area (Å²) in [5.74, 6) is 0.356. The number of thiophene rings is 2. The molecule has 0 fully saturated rings. The Labute approximate surface area is 161 Å². The first-order chi connectivity index (χ1) is 12.9. The summed E-state index contributed by atoms with van der Waals surface area (Å²) in [6.45, 7) is 0. The molecule has 126 valence electrons. The van der Waals surface area contributed by atoms with Crippen molar-refractivity contribution in [1.82, 2.24) is 0 Å². The lowest BCUT2D eigenvalue weighted by Gasteiger charge is -2.49. The van der Waals surface area contributed by atoms with E-state index >= 15 is 0 Å². The van der Waals surface area contributed by atoms with E-state index in [0.29, 0.717) is 12.0 Å². The number of benzene rings is 1. The van der Waals surface area contributed by atoms with E-state index in [0.717, 1.165) is 6.42 Å². The third kappa shape index (κ3) is 1.77. The van der Waals surface area contributed by atoms with Crippen LogP contribution in [0.5, 0.6) is 0 Å². The van der Waals surface area contributed by atoms with Gasteiger partial charge in [-0.15, -0.1) is 0 Å². The first-order valence-electron chi connectivity index (χ1n) is 9.04. The smallest absolute Gasteiger partial charge is 0.190 e. The number of rotatable bonds is 2. The van der Waals surface area contributed by atoms with Crippen LogP contribution in [0.15, 0.2) is 82.3 Å². The van der Waals surface area contributed by atoms with Gasteiger partial charge in [0.2, 0.25) is 0 Å². The van der Waals surface area contributed by atoms with Crippen LogP contribution in [0.25, 0.3) is 0 Å². The normalized spacial score (nSPS) is 22.0. The van der Waals surface area contributed by atoms with E-state index < -0.39 is 0 Å². The highest BCUT2D eigenvalue weighted by atomic mass is 32.1. The van der Waals surface area contributed by atoms with Crippen molar-refractivity contribution in [2.24, 2.45) is 0 Å². The molecule has 7 rings (SSSR count). The second kappa shape index (κ2) is 5.38. The molecule has 1 aromatic carbocycles. The minimum absolute atomic E-state index is 0.0281. The molecule has 1 nitrogen and oxygen atoms in total. The summed E-state index contributed by atoms with van der Waals surface area (Å²) in [5, 5.41) is 9.20. The number of aromatic nitrogens is 1. The zero-order valence-electron chi connectivity index (χ0n) is 14.2. The molecule has 3 heteroatoms. The number of fused-ring (bicyclic) bond motifs is 1. The quantitative estimate of drug-likeness (QED) is 0.408. The van der Waals surface area contributed by atoms with Gasteiger partial charge in [0.05, 0.1) is 5.92 Å². The Balaban J connectivity index is 1.73. The highest BCUT2D eigenvalue weighted by Crippen LogP contribution is 2.59.